The standard InChI is InChI=1S/C11H15BrClN3O/c1-7(17)8-2-4-16(5-3-8)10-9(12)6-14-11(13)15-10/h6-8,17H,2-5H2,1H3. The number of aromatic nitrogens is 2. The van der Waals surface area contributed by atoms with Crippen molar-refractivity contribution in [3.05, 3.63) is 16.0 Å². The number of nitrogens with zero attached hydrogens (tertiary/aromatic N) is 3. The van der Waals surface area contributed by atoms with Gasteiger partial charge >= 0.3 is 0 Å². The number of hydrogen-bond acceptors (Lipinski definition) is 4. The Labute approximate surface area is 114 Å². The maximum atomic E-state index is 9.56. The molecule has 1 aliphatic heterocycles. The van der Waals surface area contributed by atoms with Crippen molar-refractivity contribution >= 4 is 33.3 Å². The Morgan fingerprint density at radius 2 is 2.18 bits per heavy atom. The van der Waals surface area contributed by atoms with Gasteiger partial charge in [-0.1, -0.05) is 0 Å². The second kappa shape index (κ2) is 5.50. The number of halogens is 2. The lowest BCUT2D eigenvalue weighted by molar-refractivity contribution is 0.109. The quantitative estimate of drug-likeness (QED) is 0.851. The molecule has 2 rings (SSSR count). The van der Waals surface area contributed by atoms with Crippen molar-refractivity contribution in [1.29, 1.82) is 0 Å². The summed E-state index contributed by atoms with van der Waals surface area (Å²) >= 11 is 9.24. The van der Waals surface area contributed by atoms with Gasteiger partial charge in [0.25, 0.3) is 0 Å². The van der Waals surface area contributed by atoms with Crippen molar-refractivity contribution in [2.75, 3.05) is 18.0 Å². The molecule has 0 bridgehead atoms. The first kappa shape index (κ1) is 13.1. The van der Waals surface area contributed by atoms with Crippen LogP contribution in [-0.4, -0.2) is 34.3 Å². The van der Waals surface area contributed by atoms with E-state index in [-0.39, 0.29) is 11.4 Å². The number of aliphatic hydroxyl groups excluding tert-OH is 1. The van der Waals surface area contributed by atoms with Gasteiger partial charge in [-0.2, -0.15) is 4.98 Å². The maximum absolute atomic E-state index is 9.56. The van der Waals surface area contributed by atoms with Crippen LogP contribution in [0.1, 0.15) is 19.8 Å². The number of aliphatic hydroxyl groups is 1. The summed E-state index contributed by atoms with van der Waals surface area (Å²) in [5.41, 5.74) is 0. The zero-order valence-corrected chi connectivity index (χ0v) is 11.9. The lowest BCUT2D eigenvalue weighted by atomic mass is 9.92. The zero-order valence-electron chi connectivity index (χ0n) is 9.61. The van der Waals surface area contributed by atoms with Crippen molar-refractivity contribution in [3.63, 3.8) is 0 Å². The number of piperidine rings is 1. The van der Waals surface area contributed by atoms with Gasteiger partial charge in [-0.05, 0) is 53.2 Å². The normalized spacial score (nSPS) is 19.4. The van der Waals surface area contributed by atoms with Crippen molar-refractivity contribution < 1.29 is 5.11 Å². The Bertz CT molecular complexity index is 394. The minimum atomic E-state index is -0.227. The topological polar surface area (TPSA) is 49.2 Å². The molecular formula is C11H15BrClN3O. The molecule has 0 amide bonds. The number of rotatable bonds is 2. The van der Waals surface area contributed by atoms with Crippen LogP contribution < -0.4 is 4.90 Å². The Balaban J connectivity index is 2.07. The fourth-order valence-electron chi connectivity index (χ4n) is 2.15. The summed E-state index contributed by atoms with van der Waals surface area (Å²) in [5, 5.41) is 9.82. The van der Waals surface area contributed by atoms with E-state index in [1.807, 2.05) is 6.92 Å². The molecule has 1 aromatic heterocycles. The molecule has 1 aliphatic rings. The van der Waals surface area contributed by atoms with Gasteiger partial charge in [0.15, 0.2) is 0 Å². The predicted octanol–water partition coefficient (Wildman–Crippen LogP) is 2.49. The third kappa shape index (κ3) is 3.09. The van der Waals surface area contributed by atoms with Crippen LogP contribution in [-0.2, 0) is 0 Å². The second-order valence-electron chi connectivity index (χ2n) is 4.38. The molecule has 0 radical (unpaired) electrons. The first-order valence-corrected chi connectivity index (χ1v) is 6.86. The Hall–Kier alpha value is -0.390. The lowest BCUT2D eigenvalue weighted by Gasteiger charge is -2.34. The third-order valence-corrected chi connectivity index (χ3v) is 3.96. The van der Waals surface area contributed by atoms with Crippen molar-refractivity contribution in [3.8, 4) is 0 Å². The molecule has 0 saturated carbocycles. The van der Waals surface area contributed by atoms with E-state index < -0.39 is 0 Å². The van der Waals surface area contributed by atoms with Gasteiger partial charge in [-0.15, -0.1) is 0 Å². The van der Waals surface area contributed by atoms with E-state index in [0.717, 1.165) is 36.2 Å². The summed E-state index contributed by atoms with van der Waals surface area (Å²) in [5.74, 6) is 1.23. The molecule has 1 saturated heterocycles. The summed E-state index contributed by atoms with van der Waals surface area (Å²) in [6, 6.07) is 0. The van der Waals surface area contributed by atoms with Crippen LogP contribution in [0.3, 0.4) is 0 Å². The van der Waals surface area contributed by atoms with Crippen molar-refractivity contribution in [2.24, 2.45) is 5.92 Å². The SMILES string of the molecule is CC(O)C1CCN(c2nc(Cl)ncc2Br)CC1. The van der Waals surface area contributed by atoms with Gasteiger partial charge in [0.2, 0.25) is 5.28 Å². The molecule has 0 spiro atoms. The van der Waals surface area contributed by atoms with E-state index in [2.05, 4.69) is 30.8 Å². The molecular weight excluding hydrogens is 305 g/mol. The van der Waals surface area contributed by atoms with Gasteiger partial charge in [0.05, 0.1) is 10.6 Å². The fraction of sp³-hybridized carbons (Fsp3) is 0.636. The van der Waals surface area contributed by atoms with Crippen LogP contribution >= 0.6 is 27.5 Å². The van der Waals surface area contributed by atoms with Gasteiger partial charge in [0.1, 0.15) is 5.82 Å². The Kier molecular flexibility index (Phi) is 4.22. The average Bonchev–Trinajstić information content (AvgIpc) is 2.32. The average molecular weight is 321 g/mol. The van der Waals surface area contributed by atoms with Gasteiger partial charge in [0, 0.05) is 19.3 Å². The highest BCUT2D eigenvalue weighted by molar-refractivity contribution is 9.10. The summed E-state index contributed by atoms with van der Waals surface area (Å²) in [7, 11) is 0. The summed E-state index contributed by atoms with van der Waals surface area (Å²) in [4.78, 5) is 10.3. The first-order chi connectivity index (χ1) is 8.08. The van der Waals surface area contributed by atoms with Gasteiger partial charge < -0.3 is 10.0 Å². The monoisotopic (exact) mass is 319 g/mol. The first-order valence-electron chi connectivity index (χ1n) is 5.69. The van der Waals surface area contributed by atoms with E-state index in [9.17, 15) is 5.11 Å². The van der Waals surface area contributed by atoms with Crippen LogP contribution in [0, 0.1) is 5.92 Å². The molecule has 1 unspecified atom stereocenters. The number of anilines is 1. The van der Waals surface area contributed by atoms with E-state index in [0.29, 0.717) is 5.92 Å². The van der Waals surface area contributed by atoms with Crippen molar-refractivity contribution in [2.45, 2.75) is 25.9 Å². The van der Waals surface area contributed by atoms with Gasteiger partial charge in [-0.3, -0.25) is 0 Å². The molecule has 94 valence electrons. The smallest absolute Gasteiger partial charge is 0.224 e. The maximum Gasteiger partial charge on any atom is 0.224 e. The minimum absolute atomic E-state index is 0.227. The van der Waals surface area contributed by atoms with E-state index in [1.54, 1.807) is 6.20 Å². The molecule has 2 heterocycles. The molecule has 1 fully saturated rings. The molecule has 6 heteroatoms. The van der Waals surface area contributed by atoms with Gasteiger partial charge in [-0.25, -0.2) is 4.98 Å². The molecule has 1 aromatic rings. The van der Waals surface area contributed by atoms with E-state index >= 15 is 0 Å². The van der Waals surface area contributed by atoms with Crippen LogP contribution in [0.4, 0.5) is 5.82 Å². The predicted molar refractivity (Wildman–Crippen MR) is 71.4 cm³/mol. The van der Waals surface area contributed by atoms with E-state index in [1.165, 1.54) is 0 Å². The summed E-state index contributed by atoms with van der Waals surface area (Å²) in [6.07, 6.45) is 3.40. The third-order valence-electron chi connectivity index (χ3n) is 3.22. The van der Waals surface area contributed by atoms with Crippen molar-refractivity contribution in [1.82, 2.24) is 9.97 Å². The highest BCUT2D eigenvalue weighted by atomic mass is 79.9. The fourth-order valence-corrected chi connectivity index (χ4v) is 2.72. The van der Waals surface area contributed by atoms with Crippen LogP contribution in [0.5, 0.6) is 0 Å². The highest BCUT2D eigenvalue weighted by Gasteiger charge is 2.24. The van der Waals surface area contributed by atoms with Crippen LogP contribution in [0.15, 0.2) is 10.7 Å². The van der Waals surface area contributed by atoms with E-state index in [4.69, 9.17) is 11.6 Å². The second-order valence-corrected chi connectivity index (χ2v) is 5.57. The number of hydrogen-bond donors (Lipinski definition) is 1. The zero-order chi connectivity index (χ0) is 12.4. The molecule has 4 nitrogen and oxygen atoms in total. The minimum Gasteiger partial charge on any atom is -0.393 e. The van der Waals surface area contributed by atoms with Crippen LogP contribution in [0.2, 0.25) is 5.28 Å². The molecule has 17 heavy (non-hydrogen) atoms. The molecule has 0 aliphatic carbocycles. The molecule has 1 atom stereocenters. The largest absolute Gasteiger partial charge is 0.393 e. The van der Waals surface area contributed by atoms with Crippen LogP contribution in [0.25, 0.3) is 0 Å². The summed E-state index contributed by atoms with van der Waals surface area (Å²) < 4.78 is 0.859. The highest BCUT2D eigenvalue weighted by Crippen LogP contribution is 2.29. The summed E-state index contributed by atoms with van der Waals surface area (Å²) in [6.45, 7) is 3.64. The Morgan fingerprint density at radius 1 is 1.53 bits per heavy atom. The Morgan fingerprint density at radius 3 is 2.76 bits per heavy atom. The lowest BCUT2D eigenvalue weighted by Crippen LogP contribution is -2.37. The molecule has 0 aromatic carbocycles. The molecule has 1 N–H and O–H groups in total.